The Kier molecular flexibility index (Phi) is 4.02. The van der Waals surface area contributed by atoms with Gasteiger partial charge in [0.15, 0.2) is 0 Å². The van der Waals surface area contributed by atoms with Crippen LogP contribution in [-0.2, 0) is 5.88 Å². The molecule has 0 saturated carbocycles. The van der Waals surface area contributed by atoms with Gasteiger partial charge in [-0.15, -0.1) is 0 Å². The zero-order valence-electron chi connectivity index (χ0n) is 12.0. The smallest absolute Gasteiger partial charge is 0.262 e. The van der Waals surface area contributed by atoms with Crippen molar-refractivity contribution in [2.24, 2.45) is 0 Å². The normalized spacial score (nSPS) is 10.8. The fourth-order valence-corrected chi connectivity index (χ4v) is 2.96. The predicted octanol–water partition coefficient (Wildman–Crippen LogP) is 2.82. The van der Waals surface area contributed by atoms with Crippen molar-refractivity contribution in [1.29, 1.82) is 5.41 Å². The highest BCUT2D eigenvalue weighted by atomic mass is 32.2. The SMILES string of the molecule is Cc1nc2ccccc2c(=O)n1CSC(=N)c1ccccn1. The molecule has 1 aromatic carbocycles. The van der Waals surface area contributed by atoms with Crippen molar-refractivity contribution in [2.45, 2.75) is 12.8 Å². The highest BCUT2D eigenvalue weighted by Gasteiger charge is 2.09. The fraction of sp³-hybridized carbons (Fsp3) is 0.125. The maximum atomic E-state index is 12.5. The minimum atomic E-state index is -0.0792. The monoisotopic (exact) mass is 310 g/mol. The molecule has 22 heavy (non-hydrogen) atoms. The van der Waals surface area contributed by atoms with Crippen LogP contribution in [0.5, 0.6) is 0 Å². The van der Waals surface area contributed by atoms with Crippen LogP contribution in [0.3, 0.4) is 0 Å². The van der Waals surface area contributed by atoms with E-state index in [9.17, 15) is 4.79 Å². The molecule has 2 heterocycles. The first-order valence-corrected chi connectivity index (χ1v) is 7.74. The molecule has 0 aliphatic rings. The van der Waals surface area contributed by atoms with Gasteiger partial charge in [0.2, 0.25) is 0 Å². The molecule has 0 atom stereocenters. The van der Waals surface area contributed by atoms with Crippen LogP contribution in [0.2, 0.25) is 0 Å². The van der Waals surface area contributed by atoms with Crippen molar-refractivity contribution in [3.8, 4) is 0 Å². The Bertz CT molecular complexity index is 890. The molecule has 3 aromatic rings. The van der Waals surface area contributed by atoms with Crippen molar-refractivity contribution in [1.82, 2.24) is 14.5 Å². The third-order valence-corrected chi connectivity index (χ3v) is 4.17. The van der Waals surface area contributed by atoms with E-state index in [1.54, 1.807) is 29.8 Å². The summed E-state index contributed by atoms with van der Waals surface area (Å²) in [6.45, 7) is 1.80. The molecule has 0 fully saturated rings. The Hall–Kier alpha value is -2.47. The Morgan fingerprint density at radius 1 is 1.23 bits per heavy atom. The lowest BCUT2D eigenvalue weighted by Crippen LogP contribution is -2.23. The van der Waals surface area contributed by atoms with Gasteiger partial charge in [-0.05, 0) is 31.2 Å². The van der Waals surface area contributed by atoms with Gasteiger partial charge in [-0.1, -0.05) is 30.0 Å². The Morgan fingerprint density at radius 2 is 2.00 bits per heavy atom. The zero-order chi connectivity index (χ0) is 15.5. The van der Waals surface area contributed by atoms with E-state index in [2.05, 4.69) is 9.97 Å². The average molecular weight is 310 g/mol. The van der Waals surface area contributed by atoms with Crippen molar-refractivity contribution in [3.05, 3.63) is 70.5 Å². The summed E-state index contributed by atoms with van der Waals surface area (Å²) >= 11 is 1.26. The summed E-state index contributed by atoms with van der Waals surface area (Å²) in [7, 11) is 0. The van der Waals surface area contributed by atoms with Gasteiger partial charge in [0.05, 0.1) is 22.5 Å². The lowest BCUT2D eigenvalue weighted by Gasteiger charge is -2.10. The van der Waals surface area contributed by atoms with E-state index in [4.69, 9.17) is 5.41 Å². The number of aryl methyl sites for hydroxylation is 1. The Morgan fingerprint density at radius 3 is 2.77 bits per heavy atom. The molecule has 0 amide bonds. The minimum absolute atomic E-state index is 0.0792. The molecule has 0 aliphatic heterocycles. The number of aromatic nitrogens is 3. The molecule has 3 rings (SSSR count). The van der Waals surface area contributed by atoms with Gasteiger partial charge in [-0.2, -0.15) is 0 Å². The second-order valence-corrected chi connectivity index (χ2v) is 5.68. The molecule has 0 unspecified atom stereocenters. The van der Waals surface area contributed by atoms with Crippen LogP contribution in [0.15, 0.2) is 53.5 Å². The summed E-state index contributed by atoms with van der Waals surface area (Å²) in [6, 6.07) is 12.7. The minimum Gasteiger partial charge on any atom is -0.292 e. The Balaban J connectivity index is 1.88. The van der Waals surface area contributed by atoms with Crippen LogP contribution >= 0.6 is 11.8 Å². The standard InChI is InChI=1S/C16H14N4OS/c1-11-19-13-7-3-2-6-12(13)16(21)20(11)10-22-15(17)14-8-4-5-9-18-14/h2-9,17H,10H2,1H3. The molecular formula is C16H14N4OS. The zero-order valence-corrected chi connectivity index (χ0v) is 12.8. The van der Waals surface area contributed by atoms with Crippen LogP contribution in [-0.4, -0.2) is 19.6 Å². The van der Waals surface area contributed by atoms with Crippen LogP contribution in [0.4, 0.5) is 0 Å². The van der Waals surface area contributed by atoms with E-state index in [1.807, 2.05) is 30.3 Å². The molecular weight excluding hydrogens is 296 g/mol. The summed E-state index contributed by atoms with van der Waals surface area (Å²) < 4.78 is 1.59. The highest BCUT2D eigenvalue weighted by Crippen LogP contribution is 2.14. The van der Waals surface area contributed by atoms with Gasteiger partial charge in [0.1, 0.15) is 10.9 Å². The summed E-state index contributed by atoms with van der Waals surface area (Å²) in [5.74, 6) is 0.989. The lowest BCUT2D eigenvalue weighted by molar-refractivity contribution is 0.778. The summed E-state index contributed by atoms with van der Waals surface area (Å²) in [5, 5.41) is 8.98. The van der Waals surface area contributed by atoms with Gasteiger partial charge in [-0.3, -0.25) is 19.8 Å². The van der Waals surface area contributed by atoms with Gasteiger partial charge in [-0.25, -0.2) is 4.98 Å². The number of nitrogens with one attached hydrogen (secondary N) is 1. The van der Waals surface area contributed by atoms with Gasteiger partial charge < -0.3 is 0 Å². The van der Waals surface area contributed by atoms with Gasteiger partial charge in [0, 0.05) is 6.20 Å². The third kappa shape index (κ3) is 2.78. The molecule has 2 aromatic heterocycles. The first kappa shape index (κ1) is 14.5. The van der Waals surface area contributed by atoms with E-state index in [0.717, 1.165) is 0 Å². The van der Waals surface area contributed by atoms with E-state index >= 15 is 0 Å². The van der Waals surface area contributed by atoms with Crippen LogP contribution in [0, 0.1) is 12.3 Å². The second-order valence-electron chi connectivity index (χ2n) is 4.73. The molecule has 0 saturated heterocycles. The molecule has 5 nitrogen and oxygen atoms in total. The number of benzene rings is 1. The number of para-hydroxylation sites is 1. The van der Waals surface area contributed by atoms with Crippen molar-refractivity contribution in [3.63, 3.8) is 0 Å². The second kappa shape index (κ2) is 6.11. The van der Waals surface area contributed by atoms with Crippen molar-refractivity contribution >= 4 is 27.7 Å². The number of fused-ring (bicyclic) bond motifs is 1. The van der Waals surface area contributed by atoms with Gasteiger partial charge >= 0.3 is 0 Å². The summed E-state index contributed by atoms with van der Waals surface area (Å²) in [5.41, 5.74) is 1.22. The third-order valence-electron chi connectivity index (χ3n) is 3.29. The van der Waals surface area contributed by atoms with Crippen LogP contribution < -0.4 is 5.56 Å². The number of pyridine rings is 1. The molecule has 1 N–H and O–H groups in total. The number of rotatable bonds is 3. The first-order chi connectivity index (χ1) is 10.7. The molecule has 0 aliphatic carbocycles. The van der Waals surface area contributed by atoms with Crippen molar-refractivity contribution < 1.29 is 0 Å². The van der Waals surface area contributed by atoms with E-state index in [-0.39, 0.29) is 5.56 Å². The first-order valence-electron chi connectivity index (χ1n) is 6.76. The summed E-state index contributed by atoms with van der Waals surface area (Å²) in [4.78, 5) is 21.1. The molecule has 0 radical (unpaired) electrons. The topological polar surface area (TPSA) is 71.6 Å². The Labute approximate surface area is 131 Å². The number of nitrogens with zero attached hydrogens (tertiary/aromatic N) is 3. The number of thioether (sulfide) groups is 1. The van der Waals surface area contributed by atoms with E-state index < -0.39 is 0 Å². The lowest BCUT2D eigenvalue weighted by atomic mass is 10.2. The quantitative estimate of drug-likeness (QED) is 0.596. The molecule has 6 heteroatoms. The van der Waals surface area contributed by atoms with Gasteiger partial charge in [0.25, 0.3) is 5.56 Å². The number of hydrogen-bond acceptors (Lipinski definition) is 5. The maximum Gasteiger partial charge on any atom is 0.262 e. The van der Waals surface area contributed by atoms with E-state index in [1.165, 1.54) is 11.8 Å². The molecule has 0 bridgehead atoms. The predicted molar refractivity (Wildman–Crippen MR) is 89.4 cm³/mol. The summed E-state index contributed by atoms with van der Waals surface area (Å²) in [6.07, 6.45) is 1.65. The largest absolute Gasteiger partial charge is 0.292 e. The number of hydrogen-bond donors (Lipinski definition) is 1. The van der Waals surface area contributed by atoms with Crippen LogP contribution in [0.1, 0.15) is 11.5 Å². The molecule has 0 spiro atoms. The van der Waals surface area contributed by atoms with E-state index in [0.29, 0.717) is 33.3 Å². The van der Waals surface area contributed by atoms with Crippen molar-refractivity contribution in [2.75, 3.05) is 0 Å². The van der Waals surface area contributed by atoms with Crippen LogP contribution in [0.25, 0.3) is 10.9 Å². The molecule has 110 valence electrons. The average Bonchev–Trinajstić information content (AvgIpc) is 2.55. The fourth-order valence-electron chi connectivity index (χ4n) is 2.13. The highest BCUT2D eigenvalue weighted by molar-refractivity contribution is 8.13. The maximum absolute atomic E-state index is 12.5.